The average Bonchev–Trinajstić information content (AvgIpc) is 3.19. The smallest absolute Gasteiger partial charge is 0.291 e. The second-order valence-corrected chi connectivity index (χ2v) is 6.28. The highest BCUT2D eigenvalue weighted by molar-refractivity contribution is 6.39. The van der Waals surface area contributed by atoms with E-state index in [1.807, 2.05) is 47.4 Å². The van der Waals surface area contributed by atoms with Crippen LogP contribution in [0.25, 0.3) is 0 Å². The molecule has 0 bridgehead atoms. The monoisotopic (exact) mass is 349 g/mol. The zero-order valence-corrected chi connectivity index (χ0v) is 14.2. The van der Waals surface area contributed by atoms with Gasteiger partial charge >= 0.3 is 0 Å². The Bertz CT molecular complexity index is 838. The molecule has 3 heterocycles. The summed E-state index contributed by atoms with van der Waals surface area (Å²) >= 11 is 0. The molecule has 26 heavy (non-hydrogen) atoms. The van der Waals surface area contributed by atoms with Crippen molar-refractivity contribution in [2.75, 3.05) is 18.1 Å². The summed E-state index contributed by atoms with van der Waals surface area (Å²) in [6.45, 7) is 0.628. The molecule has 1 saturated heterocycles. The largest absolute Gasteiger partial charge is 0.329 e. The third-order valence-corrected chi connectivity index (χ3v) is 4.66. The predicted molar refractivity (Wildman–Crippen MR) is 97.3 cm³/mol. The van der Waals surface area contributed by atoms with Crippen molar-refractivity contribution < 1.29 is 9.59 Å². The van der Waals surface area contributed by atoms with Crippen LogP contribution in [0.4, 0.5) is 5.69 Å². The number of hydrogen-bond acceptors (Lipinski definition) is 5. The first-order valence-corrected chi connectivity index (χ1v) is 8.64. The highest BCUT2D eigenvalue weighted by Gasteiger charge is 2.35. The van der Waals surface area contributed by atoms with E-state index in [-0.39, 0.29) is 30.2 Å². The summed E-state index contributed by atoms with van der Waals surface area (Å²) in [5.74, 6) is -0.174. The van der Waals surface area contributed by atoms with E-state index in [4.69, 9.17) is 0 Å². The average molecular weight is 349 g/mol. The number of carbonyl (C=O) groups is 2. The van der Waals surface area contributed by atoms with Gasteiger partial charge in [-0.2, -0.15) is 0 Å². The predicted octanol–water partition coefficient (Wildman–Crippen LogP) is 1.69. The van der Waals surface area contributed by atoms with Crippen molar-refractivity contribution in [2.24, 2.45) is 4.99 Å². The number of pyridine rings is 1. The van der Waals surface area contributed by atoms with Crippen LogP contribution in [0.3, 0.4) is 0 Å². The van der Waals surface area contributed by atoms with E-state index in [9.17, 15) is 9.59 Å². The number of hydrazine groups is 1. The van der Waals surface area contributed by atoms with Gasteiger partial charge in [0.2, 0.25) is 5.84 Å². The molecule has 0 radical (unpaired) electrons. The van der Waals surface area contributed by atoms with Gasteiger partial charge in [0.05, 0.1) is 11.7 Å². The molecule has 2 aromatic rings. The molecule has 4 rings (SSSR count). The van der Waals surface area contributed by atoms with Crippen LogP contribution < -0.4 is 10.4 Å². The van der Waals surface area contributed by atoms with Crippen molar-refractivity contribution >= 4 is 23.3 Å². The summed E-state index contributed by atoms with van der Waals surface area (Å²) in [6, 6.07) is 13.1. The number of likely N-dealkylation sites (tertiary alicyclic amines) is 1. The Hall–Kier alpha value is -3.22. The number of aliphatic imine (C=N–C) groups is 1. The molecule has 0 unspecified atom stereocenters. The number of carbonyl (C=O) groups excluding carboxylic acids is 2. The third kappa shape index (κ3) is 3.03. The van der Waals surface area contributed by atoms with E-state index in [0.717, 1.165) is 18.4 Å². The molecule has 2 amide bonds. The molecule has 1 N–H and O–H groups in total. The summed E-state index contributed by atoms with van der Waals surface area (Å²) in [4.78, 5) is 35.3. The summed E-state index contributed by atoms with van der Waals surface area (Å²) in [7, 11) is 0. The SMILES string of the molecule is O=C1CN=C(C(=O)N2CCC[C@H]2c2ccncc2)NN1c1ccccc1. The number of nitrogens with zero attached hydrogens (tertiary/aromatic N) is 4. The Morgan fingerprint density at radius 3 is 2.65 bits per heavy atom. The quantitative estimate of drug-likeness (QED) is 0.915. The molecule has 132 valence electrons. The molecular formula is C19H19N5O2. The van der Waals surface area contributed by atoms with E-state index in [0.29, 0.717) is 12.2 Å². The van der Waals surface area contributed by atoms with Crippen molar-refractivity contribution in [3.8, 4) is 0 Å². The lowest BCUT2D eigenvalue weighted by atomic mass is 10.1. The molecule has 0 aliphatic carbocycles. The summed E-state index contributed by atoms with van der Waals surface area (Å²) < 4.78 is 0. The van der Waals surface area contributed by atoms with Crippen molar-refractivity contribution in [1.82, 2.24) is 15.3 Å². The lowest BCUT2D eigenvalue weighted by Gasteiger charge is -2.31. The fraction of sp³-hybridized carbons (Fsp3) is 0.263. The highest BCUT2D eigenvalue weighted by atomic mass is 16.2. The van der Waals surface area contributed by atoms with Gasteiger partial charge in [-0.1, -0.05) is 18.2 Å². The Labute approximate surface area is 151 Å². The van der Waals surface area contributed by atoms with Crippen molar-refractivity contribution in [3.63, 3.8) is 0 Å². The van der Waals surface area contributed by atoms with E-state index < -0.39 is 0 Å². The summed E-state index contributed by atoms with van der Waals surface area (Å²) in [5.41, 5.74) is 4.65. The molecule has 1 atom stereocenters. The van der Waals surface area contributed by atoms with Gasteiger partial charge in [-0.3, -0.25) is 25.0 Å². The minimum atomic E-state index is -0.195. The Kier molecular flexibility index (Phi) is 4.35. The number of amides is 2. The van der Waals surface area contributed by atoms with Crippen molar-refractivity contribution in [2.45, 2.75) is 18.9 Å². The number of amidine groups is 1. The number of para-hydroxylation sites is 1. The third-order valence-electron chi connectivity index (χ3n) is 4.66. The van der Waals surface area contributed by atoms with E-state index >= 15 is 0 Å². The summed E-state index contributed by atoms with van der Waals surface area (Å²) in [5, 5.41) is 1.39. The first kappa shape index (κ1) is 16.3. The molecule has 0 saturated carbocycles. The second kappa shape index (κ2) is 6.95. The molecule has 7 nitrogen and oxygen atoms in total. The maximum atomic E-state index is 13.0. The minimum absolute atomic E-state index is 0.0119. The zero-order valence-electron chi connectivity index (χ0n) is 14.2. The molecule has 1 fully saturated rings. The highest BCUT2D eigenvalue weighted by Crippen LogP contribution is 2.31. The van der Waals surface area contributed by atoms with Crippen LogP contribution in [-0.2, 0) is 9.59 Å². The minimum Gasteiger partial charge on any atom is -0.329 e. The van der Waals surface area contributed by atoms with Gasteiger partial charge in [-0.15, -0.1) is 0 Å². The first-order chi connectivity index (χ1) is 12.7. The van der Waals surface area contributed by atoms with Gasteiger partial charge in [0.1, 0.15) is 6.54 Å². The molecule has 0 spiro atoms. The normalized spacial score (nSPS) is 19.9. The number of aromatic nitrogens is 1. The lowest BCUT2D eigenvalue weighted by molar-refractivity contribution is -0.125. The number of nitrogens with one attached hydrogen (secondary N) is 1. The van der Waals surface area contributed by atoms with E-state index in [2.05, 4.69) is 15.4 Å². The topological polar surface area (TPSA) is 77.9 Å². The fourth-order valence-corrected chi connectivity index (χ4v) is 3.40. The maximum Gasteiger partial charge on any atom is 0.291 e. The van der Waals surface area contributed by atoms with Crippen LogP contribution >= 0.6 is 0 Å². The van der Waals surface area contributed by atoms with Crippen LogP contribution in [0.5, 0.6) is 0 Å². The second-order valence-electron chi connectivity index (χ2n) is 6.28. The molecular weight excluding hydrogens is 330 g/mol. The van der Waals surface area contributed by atoms with Crippen molar-refractivity contribution in [3.05, 3.63) is 60.4 Å². The standard InChI is InChI=1S/C19H19N5O2/c25-17-13-21-18(22-24(17)15-5-2-1-3-6-15)19(26)23-12-4-7-16(23)14-8-10-20-11-9-14/h1-3,5-6,8-11,16H,4,7,12-13H2,(H,21,22)/t16-/m0/s1. The fourth-order valence-electron chi connectivity index (χ4n) is 3.40. The van der Waals surface area contributed by atoms with Crippen LogP contribution in [0.15, 0.2) is 59.9 Å². The lowest BCUT2D eigenvalue weighted by Crippen LogP contribution is -2.56. The van der Waals surface area contributed by atoms with Gasteiger partial charge in [-0.05, 0) is 42.7 Å². The first-order valence-electron chi connectivity index (χ1n) is 8.64. The van der Waals surface area contributed by atoms with Crippen LogP contribution in [-0.4, -0.2) is 40.6 Å². The number of benzene rings is 1. The van der Waals surface area contributed by atoms with Gasteiger partial charge < -0.3 is 4.90 Å². The molecule has 2 aliphatic rings. The maximum absolute atomic E-state index is 13.0. The van der Waals surface area contributed by atoms with Gasteiger partial charge in [-0.25, -0.2) is 5.01 Å². The Balaban J connectivity index is 1.55. The zero-order chi connectivity index (χ0) is 17.9. The van der Waals surface area contributed by atoms with Gasteiger partial charge in [0, 0.05) is 18.9 Å². The van der Waals surface area contributed by atoms with E-state index in [1.54, 1.807) is 12.4 Å². The van der Waals surface area contributed by atoms with Gasteiger partial charge in [0.25, 0.3) is 11.8 Å². The van der Waals surface area contributed by atoms with E-state index in [1.165, 1.54) is 5.01 Å². The van der Waals surface area contributed by atoms with Crippen LogP contribution in [0, 0.1) is 0 Å². The Morgan fingerprint density at radius 2 is 1.88 bits per heavy atom. The van der Waals surface area contributed by atoms with Crippen LogP contribution in [0.2, 0.25) is 0 Å². The van der Waals surface area contributed by atoms with Gasteiger partial charge in [0.15, 0.2) is 0 Å². The summed E-state index contributed by atoms with van der Waals surface area (Å²) in [6.07, 6.45) is 5.32. The van der Waals surface area contributed by atoms with Crippen molar-refractivity contribution in [1.29, 1.82) is 0 Å². The number of anilines is 1. The molecule has 7 heteroatoms. The molecule has 1 aromatic carbocycles. The number of rotatable bonds is 3. The van der Waals surface area contributed by atoms with Crippen LogP contribution in [0.1, 0.15) is 24.4 Å². The Morgan fingerprint density at radius 1 is 1.12 bits per heavy atom. The number of hydrogen-bond donors (Lipinski definition) is 1. The molecule has 1 aromatic heterocycles. The molecule has 2 aliphatic heterocycles.